The second-order valence-electron chi connectivity index (χ2n) is 5.52. The molecule has 1 amide bonds. The number of nitrogens with zero attached hydrogens (tertiary/aromatic N) is 1. The molecule has 4 N–H and O–H groups in total. The molecule has 1 heterocycles. The minimum atomic E-state index is -0.379. The molecule has 0 bridgehead atoms. The van der Waals surface area contributed by atoms with Crippen LogP contribution in [0.4, 0.5) is 0 Å². The maximum absolute atomic E-state index is 12.3. The van der Waals surface area contributed by atoms with Gasteiger partial charge in [0.05, 0.1) is 9.90 Å². The van der Waals surface area contributed by atoms with Crippen LogP contribution in [0.5, 0.6) is 0 Å². The smallest absolute Gasteiger partial charge is 0.276 e. The van der Waals surface area contributed by atoms with E-state index in [9.17, 15) is 4.79 Å². The highest BCUT2D eigenvalue weighted by Gasteiger charge is 2.25. The summed E-state index contributed by atoms with van der Waals surface area (Å²) in [6.07, 6.45) is 2.66. The second-order valence-corrected chi connectivity index (χ2v) is 6.85. The highest BCUT2D eigenvalue weighted by atomic mass is 35.5. The summed E-state index contributed by atoms with van der Waals surface area (Å²) in [4.78, 5) is 16.9. The molecule has 1 unspecified atom stereocenters. The molecule has 0 fully saturated rings. The van der Waals surface area contributed by atoms with Gasteiger partial charge in [0.2, 0.25) is 0 Å². The topological polar surface area (TPSA) is 81.5 Å². The number of halogens is 1. The van der Waals surface area contributed by atoms with E-state index in [1.54, 1.807) is 11.3 Å². The number of nitrogens with two attached hydrogens (primary N) is 2. The maximum Gasteiger partial charge on any atom is 0.276 e. The van der Waals surface area contributed by atoms with Crippen molar-refractivity contribution in [1.82, 2.24) is 0 Å². The lowest BCUT2D eigenvalue weighted by molar-refractivity contribution is -0.114. The van der Waals surface area contributed by atoms with Gasteiger partial charge in [-0.3, -0.25) is 4.79 Å². The minimum absolute atomic E-state index is 0.0622. The Morgan fingerprint density at radius 2 is 2.13 bits per heavy atom. The summed E-state index contributed by atoms with van der Waals surface area (Å²) in [6, 6.07) is 8.00. The van der Waals surface area contributed by atoms with Crippen LogP contribution in [0, 0.1) is 5.92 Å². The lowest BCUT2D eigenvalue weighted by Gasteiger charge is -2.23. The molecule has 0 saturated heterocycles. The van der Waals surface area contributed by atoms with Crippen LogP contribution in [0.15, 0.2) is 40.2 Å². The van der Waals surface area contributed by atoms with Gasteiger partial charge in [-0.05, 0) is 41.0 Å². The third kappa shape index (κ3) is 3.02. The first-order valence-electron chi connectivity index (χ1n) is 7.18. The zero-order chi connectivity index (χ0) is 16.6. The van der Waals surface area contributed by atoms with Crippen LogP contribution in [0.25, 0.3) is 16.5 Å². The van der Waals surface area contributed by atoms with E-state index in [0.29, 0.717) is 10.6 Å². The van der Waals surface area contributed by atoms with Gasteiger partial charge in [-0.25, -0.2) is 0 Å². The maximum atomic E-state index is 12.3. The van der Waals surface area contributed by atoms with Gasteiger partial charge in [-0.2, -0.15) is 4.99 Å². The number of thiophene rings is 1. The minimum Gasteiger partial charge on any atom is -0.370 e. The summed E-state index contributed by atoms with van der Waals surface area (Å²) in [5, 5.41) is 2.67. The summed E-state index contributed by atoms with van der Waals surface area (Å²) in [5.74, 6) is -0.536. The van der Waals surface area contributed by atoms with Crippen LogP contribution in [-0.2, 0) is 11.2 Å². The molecule has 1 aliphatic carbocycles. The van der Waals surface area contributed by atoms with Crippen LogP contribution in [0.2, 0.25) is 5.02 Å². The quantitative estimate of drug-likeness (QED) is 0.646. The third-order valence-corrected chi connectivity index (χ3v) is 5.27. The molecular weight excluding hydrogens is 330 g/mol. The number of carbonyl (C=O) groups is 1. The van der Waals surface area contributed by atoms with E-state index in [-0.39, 0.29) is 17.8 Å². The molecule has 1 aliphatic rings. The Kier molecular flexibility index (Phi) is 4.24. The SMILES string of the molecule is CC1Cc2cccc(-c3sccc3Cl)c2C=C1C(=O)N=C(N)N. The van der Waals surface area contributed by atoms with Crippen molar-refractivity contribution >= 4 is 40.9 Å². The first-order chi connectivity index (χ1) is 11.0. The number of rotatable bonds is 2. The summed E-state index contributed by atoms with van der Waals surface area (Å²) < 4.78 is 0. The molecule has 0 spiro atoms. The molecule has 23 heavy (non-hydrogen) atoms. The average molecular weight is 346 g/mol. The van der Waals surface area contributed by atoms with E-state index in [1.807, 2.05) is 36.6 Å². The van der Waals surface area contributed by atoms with E-state index in [2.05, 4.69) is 11.1 Å². The average Bonchev–Trinajstić information content (AvgIpc) is 2.91. The third-order valence-electron chi connectivity index (χ3n) is 3.89. The van der Waals surface area contributed by atoms with Crippen molar-refractivity contribution < 1.29 is 4.79 Å². The number of fused-ring (bicyclic) bond motifs is 1. The first-order valence-corrected chi connectivity index (χ1v) is 8.44. The number of carbonyl (C=O) groups excluding carboxylic acids is 1. The molecule has 2 aromatic rings. The Morgan fingerprint density at radius 1 is 1.35 bits per heavy atom. The zero-order valence-corrected chi connectivity index (χ0v) is 14.1. The molecule has 118 valence electrons. The lowest BCUT2D eigenvalue weighted by Crippen LogP contribution is -2.26. The first kappa shape index (κ1) is 15.8. The van der Waals surface area contributed by atoms with Gasteiger partial charge in [0, 0.05) is 11.1 Å². The molecule has 3 rings (SSSR count). The zero-order valence-electron chi connectivity index (χ0n) is 12.5. The summed E-state index contributed by atoms with van der Waals surface area (Å²) >= 11 is 7.86. The molecule has 6 heteroatoms. The van der Waals surface area contributed by atoms with Crippen LogP contribution in [0.1, 0.15) is 18.1 Å². The predicted octanol–water partition coefficient (Wildman–Crippen LogP) is 3.44. The standard InChI is InChI=1S/C17H16ClN3OS/c1-9-7-10-3-2-4-11(15-14(18)5-6-23-15)13(10)8-12(9)16(22)21-17(19)20/h2-6,8-9H,7H2,1H3,(H4,19,20,21,22). The van der Waals surface area contributed by atoms with Gasteiger partial charge >= 0.3 is 0 Å². The van der Waals surface area contributed by atoms with Crippen molar-refractivity contribution in [3.8, 4) is 10.4 Å². The highest BCUT2D eigenvalue weighted by Crippen LogP contribution is 2.40. The predicted molar refractivity (Wildman–Crippen MR) is 96.4 cm³/mol. The Hall–Kier alpha value is -2.11. The van der Waals surface area contributed by atoms with Gasteiger partial charge in [-0.15, -0.1) is 11.3 Å². The largest absolute Gasteiger partial charge is 0.370 e. The lowest BCUT2D eigenvalue weighted by atomic mass is 9.82. The number of hydrogen-bond acceptors (Lipinski definition) is 2. The van der Waals surface area contributed by atoms with Crippen LogP contribution >= 0.6 is 22.9 Å². The fourth-order valence-corrected chi connectivity index (χ4v) is 4.04. The number of aliphatic imine (C=N–C) groups is 1. The fourth-order valence-electron chi connectivity index (χ4n) is 2.84. The van der Waals surface area contributed by atoms with Crippen molar-refractivity contribution in [3.63, 3.8) is 0 Å². The van der Waals surface area contributed by atoms with E-state index in [4.69, 9.17) is 23.1 Å². The van der Waals surface area contributed by atoms with Crippen LogP contribution in [0.3, 0.4) is 0 Å². The van der Waals surface area contributed by atoms with E-state index < -0.39 is 0 Å². The monoisotopic (exact) mass is 345 g/mol. The number of hydrogen-bond donors (Lipinski definition) is 2. The van der Waals surface area contributed by atoms with Gasteiger partial charge in [0.25, 0.3) is 5.91 Å². The highest BCUT2D eigenvalue weighted by molar-refractivity contribution is 7.14. The van der Waals surface area contributed by atoms with Gasteiger partial charge < -0.3 is 11.5 Å². The second kappa shape index (κ2) is 6.18. The number of guanidine groups is 1. The van der Waals surface area contributed by atoms with Crippen LogP contribution in [-0.4, -0.2) is 11.9 Å². The molecule has 4 nitrogen and oxygen atoms in total. The molecule has 1 aromatic carbocycles. The van der Waals surface area contributed by atoms with Gasteiger partial charge in [0.1, 0.15) is 0 Å². The Morgan fingerprint density at radius 3 is 2.78 bits per heavy atom. The van der Waals surface area contributed by atoms with E-state index in [0.717, 1.165) is 22.4 Å². The summed E-state index contributed by atoms with van der Waals surface area (Å²) in [5.41, 5.74) is 14.5. The fraction of sp³-hybridized carbons (Fsp3) is 0.176. The molecule has 1 aromatic heterocycles. The Labute approximate surface area is 143 Å². The van der Waals surface area contributed by atoms with Crippen molar-refractivity contribution in [2.75, 3.05) is 0 Å². The number of amides is 1. The Bertz CT molecular complexity index is 834. The normalized spacial score (nSPS) is 16.4. The van der Waals surface area contributed by atoms with Crippen molar-refractivity contribution in [2.45, 2.75) is 13.3 Å². The van der Waals surface area contributed by atoms with Crippen LogP contribution < -0.4 is 11.5 Å². The van der Waals surface area contributed by atoms with E-state index >= 15 is 0 Å². The summed E-state index contributed by atoms with van der Waals surface area (Å²) in [7, 11) is 0. The van der Waals surface area contributed by atoms with Crippen molar-refractivity contribution in [1.29, 1.82) is 0 Å². The summed E-state index contributed by atoms with van der Waals surface area (Å²) in [6.45, 7) is 2.00. The Balaban J connectivity index is 2.15. The molecule has 0 aliphatic heterocycles. The molecule has 0 radical (unpaired) electrons. The van der Waals surface area contributed by atoms with Gasteiger partial charge in [0.15, 0.2) is 5.96 Å². The van der Waals surface area contributed by atoms with E-state index in [1.165, 1.54) is 5.56 Å². The van der Waals surface area contributed by atoms with Crippen molar-refractivity contribution in [3.05, 3.63) is 51.4 Å². The molecule has 0 saturated carbocycles. The number of benzene rings is 1. The molecule has 1 atom stereocenters. The molecular formula is C17H16ClN3OS. The van der Waals surface area contributed by atoms with Gasteiger partial charge in [-0.1, -0.05) is 36.7 Å². The van der Waals surface area contributed by atoms with Crippen molar-refractivity contribution in [2.24, 2.45) is 22.4 Å².